The van der Waals surface area contributed by atoms with Gasteiger partial charge in [0.1, 0.15) is 0 Å². The molecule has 0 radical (unpaired) electrons. The van der Waals surface area contributed by atoms with Gasteiger partial charge in [0, 0.05) is 30.4 Å². The summed E-state index contributed by atoms with van der Waals surface area (Å²) in [6.45, 7) is 4.05. The Morgan fingerprint density at radius 2 is 1.90 bits per heavy atom. The quantitative estimate of drug-likeness (QED) is 0.718. The van der Waals surface area contributed by atoms with E-state index in [1.807, 2.05) is 24.3 Å². The molecule has 0 bridgehead atoms. The van der Waals surface area contributed by atoms with Crippen molar-refractivity contribution < 1.29 is 14.3 Å². The van der Waals surface area contributed by atoms with E-state index < -0.39 is 12.0 Å². The number of fused-ring (bicyclic) bond motifs is 1. The van der Waals surface area contributed by atoms with Gasteiger partial charge in [-0.3, -0.25) is 4.90 Å². The molecule has 156 valence electrons. The van der Waals surface area contributed by atoms with E-state index in [0.29, 0.717) is 28.4 Å². The van der Waals surface area contributed by atoms with Crippen molar-refractivity contribution in [3.8, 4) is 0 Å². The molecule has 2 aromatic rings. The summed E-state index contributed by atoms with van der Waals surface area (Å²) in [4.78, 5) is 27.6. The normalized spacial score (nSPS) is 19.0. The molecule has 0 fully saturated rings. The van der Waals surface area contributed by atoms with Gasteiger partial charge in [-0.2, -0.15) is 0 Å². The molecule has 6 nitrogen and oxygen atoms in total. The minimum absolute atomic E-state index is 0.246. The molecule has 30 heavy (non-hydrogen) atoms. The number of urea groups is 1. The fourth-order valence-electron chi connectivity index (χ4n) is 4.05. The molecule has 2 aliphatic rings. The summed E-state index contributed by atoms with van der Waals surface area (Å²) < 4.78 is 5.33. The highest BCUT2D eigenvalue weighted by atomic mass is 35.5. The zero-order valence-corrected chi connectivity index (χ0v) is 17.5. The van der Waals surface area contributed by atoms with Gasteiger partial charge in [-0.05, 0) is 36.1 Å². The average molecular weight is 426 g/mol. The zero-order valence-electron chi connectivity index (χ0n) is 16.8. The van der Waals surface area contributed by atoms with Gasteiger partial charge in [-0.15, -0.1) is 0 Å². The number of ether oxygens (including phenoxy) is 1. The van der Waals surface area contributed by atoms with Gasteiger partial charge in [-0.1, -0.05) is 54.1 Å². The molecular weight excluding hydrogens is 402 g/mol. The van der Waals surface area contributed by atoms with E-state index >= 15 is 0 Å². The number of hydrogen-bond acceptors (Lipinski definition) is 4. The van der Waals surface area contributed by atoms with Gasteiger partial charge < -0.3 is 15.4 Å². The van der Waals surface area contributed by atoms with E-state index in [9.17, 15) is 9.59 Å². The molecule has 2 N–H and O–H groups in total. The molecule has 0 saturated carbocycles. The minimum atomic E-state index is -0.668. The van der Waals surface area contributed by atoms with E-state index in [2.05, 4.69) is 33.7 Å². The Morgan fingerprint density at radius 3 is 2.67 bits per heavy atom. The van der Waals surface area contributed by atoms with Crippen LogP contribution in [-0.4, -0.2) is 36.6 Å². The third-order valence-corrected chi connectivity index (χ3v) is 5.80. The van der Waals surface area contributed by atoms with Gasteiger partial charge >= 0.3 is 12.0 Å². The number of rotatable bonds is 5. The topological polar surface area (TPSA) is 70.7 Å². The maximum absolute atomic E-state index is 12.9. The lowest BCUT2D eigenvalue weighted by Gasteiger charge is -2.34. The highest BCUT2D eigenvalue weighted by molar-refractivity contribution is 6.31. The molecule has 0 saturated heterocycles. The fraction of sp³-hybridized carbons (Fsp3) is 0.304. The van der Waals surface area contributed by atoms with Crippen molar-refractivity contribution in [2.45, 2.75) is 25.9 Å². The molecule has 2 heterocycles. The second-order valence-corrected chi connectivity index (χ2v) is 7.80. The largest absolute Gasteiger partial charge is 0.463 e. The van der Waals surface area contributed by atoms with Crippen molar-refractivity contribution in [3.05, 3.63) is 81.5 Å². The number of esters is 1. The maximum atomic E-state index is 12.9. The first-order valence-electron chi connectivity index (χ1n) is 10.1. The molecule has 2 amide bonds. The molecule has 4 rings (SSSR count). The third-order valence-electron chi connectivity index (χ3n) is 5.46. The van der Waals surface area contributed by atoms with Crippen molar-refractivity contribution in [3.63, 3.8) is 0 Å². The van der Waals surface area contributed by atoms with Crippen LogP contribution in [0.3, 0.4) is 0 Å². The van der Waals surface area contributed by atoms with E-state index in [0.717, 1.165) is 19.5 Å². The number of carbonyl (C=O) groups excluding carboxylic acids is 2. The second-order valence-electron chi connectivity index (χ2n) is 7.40. The molecule has 0 spiro atoms. The van der Waals surface area contributed by atoms with Crippen LogP contribution in [0.1, 0.15) is 29.7 Å². The number of hydrogen-bond donors (Lipinski definition) is 2. The Kier molecular flexibility index (Phi) is 6.06. The molecule has 0 aromatic heterocycles. The van der Waals surface area contributed by atoms with Crippen LogP contribution < -0.4 is 10.6 Å². The predicted molar refractivity (Wildman–Crippen MR) is 115 cm³/mol. The van der Waals surface area contributed by atoms with Gasteiger partial charge in [-0.25, -0.2) is 9.59 Å². The van der Waals surface area contributed by atoms with Crippen LogP contribution in [0.2, 0.25) is 5.02 Å². The SMILES string of the molecule is CCOC(=O)C1=C(CN2CCc3ccccc3C2)NC(=O)N[C@@H]1c1ccccc1Cl. The number of nitrogens with zero attached hydrogens (tertiary/aromatic N) is 1. The Balaban J connectivity index is 1.69. The maximum Gasteiger partial charge on any atom is 0.338 e. The van der Waals surface area contributed by atoms with Crippen LogP contribution in [0, 0.1) is 0 Å². The van der Waals surface area contributed by atoms with Crippen molar-refractivity contribution in [2.75, 3.05) is 19.7 Å². The molecule has 0 aliphatic carbocycles. The Labute approximate surface area is 180 Å². The Hall–Kier alpha value is -2.83. The van der Waals surface area contributed by atoms with Crippen LogP contribution in [0.4, 0.5) is 4.79 Å². The molecule has 2 aromatic carbocycles. The average Bonchev–Trinajstić information content (AvgIpc) is 2.73. The summed E-state index contributed by atoms with van der Waals surface area (Å²) in [6, 6.07) is 14.5. The fourth-order valence-corrected chi connectivity index (χ4v) is 4.29. The van der Waals surface area contributed by atoms with Gasteiger partial charge in [0.2, 0.25) is 0 Å². The van der Waals surface area contributed by atoms with Crippen LogP contribution in [0.25, 0.3) is 0 Å². The van der Waals surface area contributed by atoms with Crippen LogP contribution in [0.5, 0.6) is 0 Å². The Morgan fingerprint density at radius 1 is 1.17 bits per heavy atom. The highest BCUT2D eigenvalue weighted by Crippen LogP contribution is 2.32. The second kappa shape index (κ2) is 8.90. The molecule has 0 unspecified atom stereocenters. The monoisotopic (exact) mass is 425 g/mol. The molecular formula is C23H24ClN3O3. The summed E-state index contributed by atoms with van der Waals surface area (Å²) in [5, 5.41) is 6.16. The van der Waals surface area contributed by atoms with Gasteiger partial charge in [0.25, 0.3) is 0 Å². The first kappa shape index (κ1) is 20.4. The van der Waals surface area contributed by atoms with Gasteiger partial charge in [0.15, 0.2) is 0 Å². The summed E-state index contributed by atoms with van der Waals surface area (Å²) in [6.07, 6.45) is 0.929. The van der Waals surface area contributed by atoms with E-state index in [-0.39, 0.29) is 12.6 Å². The number of amides is 2. The third kappa shape index (κ3) is 4.20. The highest BCUT2D eigenvalue weighted by Gasteiger charge is 2.35. The molecule has 1 atom stereocenters. The summed E-state index contributed by atoms with van der Waals surface area (Å²) >= 11 is 6.39. The minimum Gasteiger partial charge on any atom is -0.463 e. The first-order chi connectivity index (χ1) is 14.6. The van der Waals surface area contributed by atoms with Crippen molar-refractivity contribution in [1.29, 1.82) is 0 Å². The molecule has 7 heteroatoms. The number of carbonyl (C=O) groups is 2. The van der Waals surface area contributed by atoms with Crippen molar-refractivity contribution in [1.82, 2.24) is 15.5 Å². The van der Waals surface area contributed by atoms with E-state index in [1.54, 1.807) is 13.0 Å². The smallest absolute Gasteiger partial charge is 0.338 e. The van der Waals surface area contributed by atoms with Gasteiger partial charge in [0.05, 0.1) is 18.2 Å². The summed E-state index contributed by atoms with van der Waals surface area (Å²) in [5.74, 6) is -0.456. The summed E-state index contributed by atoms with van der Waals surface area (Å²) in [7, 11) is 0. The number of halogens is 1. The van der Waals surface area contributed by atoms with Crippen molar-refractivity contribution in [2.24, 2.45) is 0 Å². The number of nitrogens with one attached hydrogen (secondary N) is 2. The van der Waals surface area contributed by atoms with E-state index in [4.69, 9.17) is 16.3 Å². The lowest BCUT2D eigenvalue weighted by atomic mass is 9.94. The lowest BCUT2D eigenvalue weighted by Crippen LogP contribution is -2.49. The first-order valence-corrected chi connectivity index (χ1v) is 10.5. The zero-order chi connectivity index (χ0) is 21.1. The Bertz CT molecular complexity index is 1000. The van der Waals surface area contributed by atoms with Crippen LogP contribution in [0.15, 0.2) is 59.8 Å². The summed E-state index contributed by atoms with van der Waals surface area (Å²) in [5.41, 5.74) is 4.23. The predicted octanol–water partition coefficient (Wildman–Crippen LogP) is 3.57. The van der Waals surface area contributed by atoms with Crippen LogP contribution >= 0.6 is 11.6 Å². The van der Waals surface area contributed by atoms with Crippen LogP contribution in [-0.2, 0) is 22.5 Å². The lowest BCUT2D eigenvalue weighted by molar-refractivity contribution is -0.139. The molecule has 2 aliphatic heterocycles. The van der Waals surface area contributed by atoms with Crippen molar-refractivity contribution >= 4 is 23.6 Å². The number of benzene rings is 2. The standard InChI is InChI=1S/C23H24ClN3O3/c1-2-30-22(28)20-19(14-27-12-11-15-7-3-4-8-16(15)13-27)25-23(29)26-21(20)17-9-5-6-10-18(17)24/h3-10,21H,2,11-14H2,1H3,(H2,25,26,29)/t21-/m1/s1. The van der Waals surface area contributed by atoms with E-state index in [1.165, 1.54) is 11.1 Å².